The Balaban J connectivity index is 0.000000169. The lowest BCUT2D eigenvalue weighted by atomic mass is 10.3. The van der Waals surface area contributed by atoms with Crippen LogP contribution in [0.2, 0.25) is 0 Å². The maximum atomic E-state index is 11.6. The minimum Gasteiger partial charge on any atom is -0.368 e. The predicted octanol–water partition coefficient (Wildman–Crippen LogP) is 2.75. The van der Waals surface area contributed by atoms with E-state index in [-0.39, 0.29) is 16.8 Å². The van der Waals surface area contributed by atoms with Gasteiger partial charge in [-0.3, -0.25) is 4.79 Å². The van der Waals surface area contributed by atoms with Gasteiger partial charge in [-0.2, -0.15) is 14.8 Å². The van der Waals surface area contributed by atoms with Crippen molar-refractivity contribution in [2.45, 2.75) is 4.90 Å². The van der Waals surface area contributed by atoms with Crippen LogP contribution in [0.25, 0.3) is 0 Å². The second-order valence-corrected chi connectivity index (χ2v) is 8.94. The summed E-state index contributed by atoms with van der Waals surface area (Å²) in [6, 6.07) is 13.7. The van der Waals surface area contributed by atoms with Gasteiger partial charge in [0.1, 0.15) is 6.33 Å². The fraction of sp³-hybridized carbons (Fsp3) is 0. The molecule has 0 aliphatic rings. The molecule has 1 aromatic carbocycles. The van der Waals surface area contributed by atoms with E-state index in [0.717, 1.165) is 15.4 Å². The van der Waals surface area contributed by atoms with Gasteiger partial charge in [0.05, 0.1) is 14.8 Å². The second-order valence-electron chi connectivity index (χ2n) is 5.48. The Labute approximate surface area is 174 Å². The minimum atomic E-state index is -3.61. The Bertz CT molecular complexity index is 1170. The number of rotatable bonds is 4. The number of nitrogens with zero attached hydrogens (tertiary/aromatic N) is 3. The number of thiophene rings is 2. The molecular weight excluding hydrogens is 432 g/mol. The lowest BCUT2D eigenvalue weighted by Crippen LogP contribution is -2.14. The Morgan fingerprint density at radius 2 is 1.72 bits per heavy atom. The lowest BCUT2D eigenvalue weighted by molar-refractivity contribution is 0.0952. The van der Waals surface area contributed by atoms with Gasteiger partial charge in [0.15, 0.2) is 0 Å². The third-order valence-electron chi connectivity index (χ3n) is 3.47. The molecule has 0 saturated carbocycles. The predicted molar refractivity (Wildman–Crippen MR) is 114 cm³/mol. The van der Waals surface area contributed by atoms with Crippen molar-refractivity contribution in [1.29, 1.82) is 0 Å². The SMILES string of the molecule is NS(=O)(=O)c1ccc(Nc2cccs2)cc1.Nc1ncnn1C(=O)c1cccs1. The Morgan fingerprint density at radius 1 is 1.03 bits per heavy atom. The van der Waals surface area contributed by atoms with Crippen LogP contribution in [0.1, 0.15) is 9.67 Å². The first-order valence-electron chi connectivity index (χ1n) is 8.01. The van der Waals surface area contributed by atoms with Crippen LogP contribution in [0.3, 0.4) is 0 Å². The molecule has 9 nitrogen and oxygen atoms in total. The van der Waals surface area contributed by atoms with Gasteiger partial charge < -0.3 is 11.1 Å². The van der Waals surface area contributed by atoms with Crippen molar-refractivity contribution >= 4 is 55.2 Å². The molecule has 4 rings (SSSR count). The smallest absolute Gasteiger partial charge is 0.291 e. The number of hydrogen-bond acceptors (Lipinski definition) is 9. The molecule has 0 radical (unpaired) electrons. The largest absolute Gasteiger partial charge is 0.368 e. The summed E-state index contributed by atoms with van der Waals surface area (Å²) < 4.78 is 23.1. The van der Waals surface area contributed by atoms with Crippen molar-refractivity contribution in [3.8, 4) is 0 Å². The van der Waals surface area contributed by atoms with Crippen molar-refractivity contribution in [3.05, 3.63) is 70.5 Å². The summed E-state index contributed by atoms with van der Waals surface area (Å²) in [6.07, 6.45) is 1.25. The molecule has 0 unspecified atom stereocenters. The van der Waals surface area contributed by atoms with E-state index in [1.165, 1.54) is 29.8 Å². The molecule has 0 aliphatic carbocycles. The fourth-order valence-corrected chi connectivity index (χ4v) is 3.93. The van der Waals surface area contributed by atoms with Crippen molar-refractivity contribution in [2.75, 3.05) is 11.1 Å². The number of carbonyl (C=O) groups excluding carboxylic acids is 1. The minimum absolute atomic E-state index is 0.110. The Kier molecular flexibility index (Phi) is 6.39. The number of aromatic nitrogens is 3. The first-order chi connectivity index (χ1) is 13.8. The molecule has 0 saturated heterocycles. The molecule has 150 valence electrons. The van der Waals surface area contributed by atoms with E-state index >= 15 is 0 Å². The molecule has 12 heteroatoms. The molecule has 0 fully saturated rings. The van der Waals surface area contributed by atoms with Crippen LogP contribution in [0, 0.1) is 0 Å². The lowest BCUT2D eigenvalue weighted by Gasteiger charge is -2.04. The monoisotopic (exact) mass is 448 g/mol. The highest BCUT2D eigenvalue weighted by Gasteiger charge is 2.12. The van der Waals surface area contributed by atoms with Gasteiger partial charge in [0.2, 0.25) is 16.0 Å². The van der Waals surface area contributed by atoms with Gasteiger partial charge in [-0.05, 0) is 53.2 Å². The molecule has 4 aromatic rings. The summed E-state index contributed by atoms with van der Waals surface area (Å²) in [7, 11) is -3.61. The van der Waals surface area contributed by atoms with Gasteiger partial charge >= 0.3 is 0 Å². The molecule has 3 heterocycles. The first-order valence-corrected chi connectivity index (χ1v) is 11.3. The van der Waals surface area contributed by atoms with Gasteiger partial charge in [0.25, 0.3) is 5.91 Å². The van der Waals surface area contributed by atoms with Crippen LogP contribution >= 0.6 is 22.7 Å². The van der Waals surface area contributed by atoms with Gasteiger partial charge in [-0.1, -0.05) is 6.07 Å². The molecule has 29 heavy (non-hydrogen) atoms. The first kappa shape index (κ1) is 20.7. The number of nitrogens with one attached hydrogen (secondary N) is 1. The van der Waals surface area contributed by atoms with Crippen LogP contribution < -0.4 is 16.2 Å². The number of benzene rings is 1. The van der Waals surface area contributed by atoms with Crippen molar-refractivity contribution in [1.82, 2.24) is 14.8 Å². The summed E-state index contributed by atoms with van der Waals surface area (Å²) in [5, 5.41) is 16.6. The normalized spacial score (nSPS) is 10.8. The van der Waals surface area contributed by atoms with Gasteiger partial charge in [-0.25, -0.2) is 13.6 Å². The zero-order valence-corrected chi connectivity index (χ0v) is 17.2. The topological polar surface area (TPSA) is 146 Å². The Morgan fingerprint density at radius 3 is 2.24 bits per heavy atom. The van der Waals surface area contributed by atoms with Crippen molar-refractivity contribution < 1.29 is 13.2 Å². The van der Waals surface area contributed by atoms with Crippen LogP contribution in [0.4, 0.5) is 16.6 Å². The molecule has 3 aromatic heterocycles. The van der Waals surface area contributed by atoms with Crippen molar-refractivity contribution in [2.24, 2.45) is 5.14 Å². The molecule has 0 aliphatic heterocycles. The number of anilines is 3. The molecule has 0 atom stereocenters. The highest BCUT2D eigenvalue weighted by molar-refractivity contribution is 7.89. The molecule has 0 amide bonds. The van der Waals surface area contributed by atoms with Crippen molar-refractivity contribution in [3.63, 3.8) is 0 Å². The standard InChI is InChI=1S/C10H10N2O2S2.C7H6N4OS/c11-16(13,14)9-5-3-8(4-6-9)12-10-2-1-7-15-10;8-7-9-4-10-11(7)6(12)5-2-1-3-13-5/h1-7,12H,(H2,11,13,14);1-4H,(H2,8,9,10). The number of hydrogen-bond donors (Lipinski definition) is 3. The Hall–Kier alpha value is -3.06. The third-order valence-corrected chi connectivity index (χ3v) is 6.04. The summed E-state index contributed by atoms with van der Waals surface area (Å²) in [6.45, 7) is 0. The van der Waals surface area contributed by atoms with Gasteiger partial charge in [-0.15, -0.1) is 22.7 Å². The number of carbonyl (C=O) groups is 1. The number of nitrogen functional groups attached to an aromatic ring is 1. The maximum Gasteiger partial charge on any atom is 0.291 e. The average Bonchev–Trinajstić information content (AvgIpc) is 3.44. The third kappa shape index (κ3) is 5.48. The highest BCUT2D eigenvalue weighted by atomic mass is 32.2. The van der Waals surface area contributed by atoms with E-state index in [2.05, 4.69) is 15.4 Å². The zero-order valence-electron chi connectivity index (χ0n) is 14.8. The van der Waals surface area contributed by atoms with E-state index in [9.17, 15) is 13.2 Å². The molecular formula is C17H16N6O3S3. The van der Waals surface area contributed by atoms with Gasteiger partial charge in [0, 0.05) is 5.69 Å². The summed E-state index contributed by atoms with van der Waals surface area (Å²) in [5.41, 5.74) is 6.25. The average molecular weight is 449 g/mol. The fourth-order valence-electron chi connectivity index (χ4n) is 2.13. The van der Waals surface area contributed by atoms with E-state index < -0.39 is 10.0 Å². The van der Waals surface area contributed by atoms with Crippen LogP contribution in [-0.4, -0.2) is 29.1 Å². The van der Waals surface area contributed by atoms with Crippen LogP contribution in [0.15, 0.2) is 70.5 Å². The maximum absolute atomic E-state index is 11.6. The summed E-state index contributed by atoms with van der Waals surface area (Å²) in [5.74, 6) is -0.136. The van der Waals surface area contributed by atoms with E-state index in [1.54, 1.807) is 35.6 Å². The molecule has 5 N–H and O–H groups in total. The quantitative estimate of drug-likeness (QED) is 0.435. The zero-order chi connectivity index (χ0) is 20.9. The van der Waals surface area contributed by atoms with Crippen LogP contribution in [-0.2, 0) is 10.0 Å². The van der Waals surface area contributed by atoms with E-state index in [4.69, 9.17) is 10.9 Å². The van der Waals surface area contributed by atoms with E-state index in [0.29, 0.717) is 4.88 Å². The summed E-state index contributed by atoms with van der Waals surface area (Å²) in [4.78, 5) is 16.0. The molecule has 0 spiro atoms. The second kappa shape index (κ2) is 8.96. The molecule has 0 bridgehead atoms. The number of nitrogens with two attached hydrogens (primary N) is 2. The summed E-state index contributed by atoms with van der Waals surface area (Å²) >= 11 is 2.92. The van der Waals surface area contributed by atoms with E-state index in [1.807, 2.05) is 22.9 Å². The highest BCUT2D eigenvalue weighted by Crippen LogP contribution is 2.22. The number of sulfonamides is 1. The number of primary sulfonamides is 1. The van der Waals surface area contributed by atoms with Crippen LogP contribution in [0.5, 0.6) is 0 Å².